The highest BCUT2D eigenvalue weighted by molar-refractivity contribution is 8.00. The van der Waals surface area contributed by atoms with Crippen LogP contribution in [0.4, 0.5) is 0 Å². The SMILES string of the molecule is CNCc1ccc(S(=O)(=O)NCC2CCCCS2)nc1. The van der Waals surface area contributed by atoms with Gasteiger partial charge in [-0.2, -0.15) is 11.8 Å². The van der Waals surface area contributed by atoms with Gasteiger partial charge in [-0.15, -0.1) is 0 Å². The van der Waals surface area contributed by atoms with Crippen molar-refractivity contribution in [1.29, 1.82) is 0 Å². The highest BCUT2D eigenvalue weighted by Crippen LogP contribution is 2.24. The molecule has 1 aromatic heterocycles. The molecule has 0 spiro atoms. The van der Waals surface area contributed by atoms with Gasteiger partial charge in [0.2, 0.25) is 0 Å². The molecule has 7 heteroatoms. The number of rotatable bonds is 6. The van der Waals surface area contributed by atoms with Crippen molar-refractivity contribution in [3.63, 3.8) is 0 Å². The molecule has 1 aliphatic rings. The van der Waals surface area contributed by atoms with Crippen molar-refractivity contribution in [3.8, 4) is 0 Å². The summed E-state index contributed by atoms with van der Waals surface area (Å²) in [6.45, 7) is 1.17. The third kappa shape index (κ3) is 4.44. The van der Waals surface area contributed by atoms with E-state index in [1.54, 1.807) is 18.3 Å². The zero-order valence-corrected chi connectivity index (χ0v) is 13.3. The fraction of sp³-hybridized carbons (Fsp3) is 0.615. The van der Waals surface area contributed by atoms with Gasteiger partial charge in [0.15, 0.2) is 5.03 Å². The van der Waals surface area contributed by atoms with E-state index in [4.69, 9.17) is 0 Å². The lowest BCUT2D eigenvalue weighted by Gasteiger charge is -2.21. The maximum absolute atomic E-state index is 12.1. The standard InChI is InChI=1S/C13H21N3O2S2/c1-14-8-11-5-6-13(15-9-11)20(17,18)16-10-12-4-2-3-7-19-12/h5-6,9,12,14,16H,2-4,7-8,10H2,1H3. The molecule has 20 heavy (non-hydrogen) atoms. The highest BCUT2D eigenvalue weighted by Gasteiger charge is 2.19. The van der Waals surface area contributed by atoms with Crippen LogP contribution in [0.3, 0.4) is 0 Å². The average Bonchev–Trinajstić information content (AvgIpc) is 2.47. The summed E-state index contributed by atoms with van der Waals surface area (Å²) in [5, 5.41) is 3.49. The molecule has 0 aromatic carbocycles. The van der Waals surface area contributed by atoms with Gasteiger partial charge in [-0.3, -0.25) is 0 Å². The van der Waals surface area contributed by atoms with Crippen LogP contribution in [-0.4, -0.2) is 38.0 Å². The number of nitrogens with one attached hydrogen (secondary N) is 2. The quantitative estimate of drug-likeness (QED) is 0.829. The molecule has 0 radical (unpaired) electrons. The van der Waals surface area contributed by atoms with Crippen LogP contribution in [0, 0.1) is 0 Å². The third-order valence-corrected chi connectivity index (χ3v) is 5.97. The third-order valence-electron chi connectivity index (χ3n) is 3.23. The zero-order valence-electron chi connectivity index (χ0n) is 11.6. The van der Waals surface area contributed by atoms with Gasteiger partial charge >= 0.3 is 0 Å². The van der Waals surface area contributed by atoms with E-state index in [0.717, 1.165) is 17.7 Å². The highest BCUT2D eigenvalue weighted by atomic mass is 32.2. The molecule has 1 unspecified atom stereocenters. The van der Waals surface area contributed by atoms with E-state index in [1.807, 2.05) is 18.8 Å². The van der Waals surface area contributed by atoms with Gasteiger partial charge in [0, 0.05) is 24.5 Å². The van der Waals surface area contributed by atoms with Gasteiger partial charge in [0.1, 0.15) is 0 Å². The molecule has 2 N–H and O–H groups in total. The van der Waals surface area contributed by atoms with Gasteiger partial charge in [-0.25, -0.2) is 18.1 Å². The number of nitrogens with zero attached hydrogens (tertiary/aromatic N) is 1. The molecule has 1 fully saturated rings. The van der Waals surface area contributed by atoms with E-state index < -0.39 is 10.0 Å². The first kappa shape index (κ1) is 15.8. The number of hydrogen-bond donors (Lipinski definition) is 2. The van der Waals surface area contributed by atoms with Crippen LogP contribution in [-0.2, 0) is 16.6 Å². The summed E-state index contributed by atoms with van der Waals surface area (Å²) in [5.74, 6) is 1.13. The molecular weight excluding hydrogens is 294 g/mol. The van der Waals surface area contributed by atoms with Gasteiger partial charge < -0.3 is 5.32 Å². The van der Waals surface area contributed by atoms with Crippen molar-refractivity contribution in [2.24, 2.45) is 0 Å². The Morgan fingerprint density at radius 2 is 2.25 bits per heavy atom. The van der Waals surface area contributed by atoms with Crippen LogP contribution >= 0.6 is 11.8 Å². The van der Waals surface area contributed by atoms with Gasteiger partial charge in [-0.05, 0) is 37.3 Å². The van der Waals surface area contributed by atoms with Crippen molar-refractivity contribution in [2.75, 3.05) is 19.3 Å². The van der Waals surface area contributed by atoms with Crippen LogP contribution in [0.1, 0.15) is 24.8 Å². The second-order valence-electron chi connectivity index (χ2n) is 4.88. The van der Waals surface area contributed by atoms with Crippen LogP contribution in [0.2, 0.25) is 0 Å². The van der Waals surface area contributed by atoms with Crippen LogP contribution in [0.5, 0.6) is 0 Å². The summed E-state index contributed by atoms with van der Waals surface area (Å²) >= 11 is 1.85. The maximum atomic E-state index is 12.1. The number of hydrogen-bond acceptors (Lipinski definition) is 5. The lowest BCUT2D eigenvalue weighted by Crippen LogP contribution is -2.32. The van der Waals surface area contributed by atoms with E-state index in [0.29, 0.717) is 18.3 Å². The Balaban J connectivity index is 1.94. The number of thioether (sulfide) groups is 1. The lowest BCUT2D eigenvalue weighted by atomic mass is 10.2. The maximum Gasteiger partial charge on any atom is 0.258 e. The Morgan fingerprint density at radius 1 is 1.40 bits per heavy atom. The topological polar surface area (TPSA) is 71.1 Å². The predicted octanol–water partition coefficient (Wildman–Crippen LogP) is 1.36. The molecule has 1 aromatic rings. The van der Waals surface area contributed by atoms with Crippen molar-refractivity contribution in [1.82, 2.24) is 15.0 Å². The van der Waals surface area contributed by atoms with Gasteiger partial charge in [0.25, 0.3) is 10.0 Å². The molecule has 2 heterocycles. The van der Waals surface area contributed by atoms with E-state index in [-0.39, 0.29) is 5.03 Å². The van der Waals surface area contributed by atoms with Gasteiger partial charge in [0.05, 0.1) is 0 Å². The molecule has 1 saturated heterocycles. The average molecular weight is 315 g/mol. The molecule has 1 atom stereocenters. The van der Waals surface area contributed by atoms with E-state index >= 15 is 0 Å². The number of pyridine rings is 1. The predicted molar refractivity (Wildman–Crippen MR) is 82.3 cm³/mol. The van der Waals surface area contributed by atoms with Crippen LogP contribution in [0.25, 0.3) is 0 Å². The monoisotopic (exact) mass is 315 g/mol. The zero-order chi connectivity index (χ0) is 14.4. The molecular formula is C13H21N3O2S2. The lowest BCUT2D eigenvalue weighted by molar-refractivity contribution is 0.570. The number of sulfonamides is 1. The Hall–Kier alpha value is -0.630. The fourth-order valence-electron chi connectivity index (χ4n) is 2.12. The van der Waals surface area contributed by atoms with Crippen molar-refractivity contribution < 1.29 is 8.42 Å². The van der Waals surface area contributed by atoms with Crippen LogP contribution in [0.15, 0.2) is 23.4 Å². The molecule has 0 saturated carbocycles. The van der Waals surface area contributed by atoms with E-state index in [1.165, 1.54) is 12.8 Å². The van der Waals surface area contributed by atoms with Crippen molar-refractivity contribution >= 4 is 21.8 Å². The second-order valence-corrected chi connectivity index (χ2v) is 8.00. The summed E-state index contributed by atoms with van der Waals surface area (Å²) < 4.78 is 27.0. The summed E-state index contributed by atoms with van der Waals surface area (Å²) in [6.07, 6.45) is 5.11. The Morgan fingerprint density at radius 3 is 2.85 bits per heavy atom. The largest absolute Gasteiger partial charge is 0.316 e. The molecule has 0 bridgehead atoms. The molecule has 112 valence electrons. The minimum Gasteiger partial charge on any atom is -0.316 e. The Bertz CT molecular complexity index is 511. The van der Waals surface area contributed by atoms with E-state index in [2.05, 4.69) is 15.0 Å². The summed E-state index contributed by atoms with van der Waals surface area (Å²) in [4.78, 5) is 4.04. The van der Waals surface area contributed by atoms with E-state index in [9.17, 15) is 8.42 Å². The summed E-state index contributed by atoms with van der Waals surface area (Å²) in [7, 11) is -1.64. The molecule has 1 aliphatic heterocycles. The smallest absolute Gasteiger partial charge is 0.258 e. The first-order chi connectivity index (χ1) is 9.62. The number of aromatic nitrogens is 1. The Kier molecular flexibility index (Phi) is 5.83. The minimum absolute atomic E-state index is 0.0955. The van der Waals surface area contributed by atoms with Crippen molar-refractivity contribution in [2.45, 2.75) is 36.1 Å². The first-order valence-corrected chi connectivity index (χ1v) is 9.36. The summed E-state index contributed by atoms with van der Waals surface area (Å²) in [5.41, 5.74) is 0.967. The second kappa shape index (κ2) is 7.40. The fourth-order valence-corrected chi connectivity index (χ4v) is 4.47. The van der Waals surface area contributed by atoms with Crippen LogP contribution < -0.4 is 10.0 Å². The minimum atomic E-state index is -3.49. The normalized spacial score (nSPS) is 19.9. The Labute approximate surface area is 125 Å². The molecule has 5 nitrogen and oxygen atoms in total. The molecule has 2 rings (SSSR count). The first-order valence-electron chi connectivity index (χ1n) is 6.82. The van der Waals surface area contributed by atoms with Crippen molar-refractivity contribution in [3.05, 3.63) is 23.9 Å². The van der Waals surface area contributed by atoms with Gasteiger partial charge in [-0.1, -0.05) is 12.5 Å². The molecule has 0 amide bonds. The molecule has 0 aliphatic carbocycles. The summed E-state index contributed by atoms with van der Waals surface area (Å²) in [6, 6.07) is 3.34.